The van der Waals surface area contributed by atoms with E-state index in [1.807, 2.05) is 36.4 Å². The first-order valence-corrected chi connectivity index (χ1v) is 9.25. The summed E-state index contributed by atoms with van der Waals surface area (Å²) in [5.41, 5.74) is 1.50. The van der Waals surface area contributed by atoms with Crippen LogP contribution in [0.1, 0.15) is 12.5 Å². The van der Waals surface area contributed by atoms with Gasteiger partial charge >= 0.3 is 11.7 Å². The second-order valence-electron chi connectivity index (χ2n) is 6.25. The molecule has 0 bridgehead atoms. The molecule has 1 aromatic heterocycles. The van der Waals surface area contributed by atoms with Crippen LogP contribution in [0.4, 0.5) is 5.69 Å². The number of nitro benzene ring substituents is 1. The van der Waals surface area contributed by atoms with Gasteiger partial charge in [-0.25, -0.2) is 9.48 Å². The van der Waals surface area contributed by atoms with Crippen LogP contribution in [-0.2, 0) is 9.53 Å². The SMILES string of the molecule is CCOC(=O)/C(C#N)=C\c1cn(-c2ccccc2)nc1-c1ccc(OC)c([N+](=O)[O-])c1. The first kappa shape index (κ1) is 21.3. The maximum Gasteiger partial charge on any atom is 0.348 e. The van der Waals surface area contributed by atoms with Crippen LogP contribution in [0.25, 0.3) is 23.0 Å². The molecule has 1 heterocycles. The minimum atomic E-state index is -0.760. The molecule has 31 heavy (non-hydrogen) atoms. The molecule has 3 rings (SSSR count). The number of nitrogens with zero attached hydrogens (tertiary/aromatic N) is 4. The molecule has 0 saturated carbocycles. The third-order valence-corrected chi connectivity index (χ3v) is 4.33. The van der Waals surface area contributed by atoms with Crippen LogP contribution in [0.3, 0.4) is 0 Å². The Morgan fingerprint density at radius 1 is 1.29 bits per heavy atom. The number of aromatic nitrogens is 2. The van der Waals surface area contributed by atoms with E-state index in [0.717, 1.165) is 5.69 Å². The predicted molar refractivity (Wildman–Crippen MR) is 112 cm³/mol. The van der Waals surface area contributed by atoms with Gasteiger partial charge in [0.1, 0.15) is 17.3 Å². The quantitative estimate of drug-likeness (QED) is 0.187. The van der Waals surface area contributed by atoms with Gasteiger partial charge in [0.2, 0.25) is 0 Å². The van der Waals surface area contributed by atoms with E-state index < -0.39 is 10.9 Å². The predicted octanol–water partition coefficient (Wildman–Crippen LogP) is 3.93. The van der Waals surface area contributed by atoms with Crippen molar-refractivity contribution < 1.29 is 19.2 Å². The molecule has 156 valence electrons. The molecule has 0 fully saturated rings. The lowest BCUT2D eigenvalue weighted by molar-refractivity contribution is -0.385. The largest absolute Gasteiger partial charge is 0.490 e. The summed E-state index contributed by atoms with van der Waals surface area (Å²) in [5, 5.41) is 25.4. The van der Waals surface area contributed by atoms with Crippen LogP contribution in [0.15, 0.2) is 60.3 Å². The monoisotopic (exact) mass is 418 g/mol. The number of rotatable bonds is 7. The van der Waals surface area contributed by atoms with Crippen molar-refractivity contribution >= 4 is 17.7 Å². The summed E-state index contributed by atoms with van der Waals surface area (Å²) in [7, 11) is 1.35. The van der Waals surface area contributed by atoms with E-state index in [9.17, 15) is 20.2 Å². The number of nitriles is 1. The zero-order valence-corrected chi connectivity index (χ0v) is 16.8. The third-order valence-electron chi connectivity index (χ3n) is 4.33. The van der Waals surface area contributed by atoms with Gasteiger partial charge in [0.05, 0.1) is 24.3 Å². The molecule has 0 aliphatic rings. The van der Waals surface area contributed by atoms with Gasteiger partial charge < -0.3 is 9.47 Å². The molecule has 9 heteroatoms. The van der Waals surface area contributed by atoms with Gasteiger partial charge in [-0.1, -0.05) is 18.2 Å². The zero-order chi connectivity index (χ0) is 22.4. The average Bonchev–Trinajstić information content (AvgIpc) is 3.21. The third kappa shape index (κ3) is 4.59. The first-order valence-electron chi connectivity index (χ1n) is 9.25. The number of hydrogen-bond donors (Lipinski definition) is 0. The van der Waals surface area contributed by atoms with Crippen molar-refractivity contribution in [1.82, 2.24) is 9.78 Å². The van der Waals surface area contributed by atoms with Crippen molar-refractivity contribution in [1.29, 1.82) is 5.26 Å². The lowest BCUT2D eigenvalue weighted by Crippen LogP contribution is -2.06. The number of benzene rings is 2. The topological polar surface area (TPSA) is 120 Å². The Labute approximate surface area is 177 Å². The van der Waals surface area contributed by atoms with Gasteiger partial charge in [-0.05, 0) is 37.3 Å². The Morgan fingerprint density at radius 3 is 2.65 bits per heavy atom. The molecular formula is C22H18N4O5. The minimum Gasteiger partial charge on any atom is -0.490 e. The van der Waals surface area contributed by atoms with E-state index in [2.05, 4.69) is 5.10 Å². The van der Waals surface area contributed by atoms with E-state index in [4.69, 9.17) is 9.47 Å². The standard InChI is InChI=1S/C22H18N4O5/c1-3-31-22(27)16(13-23)11-17-14-25(18-7-5-4-6-8-18)24-21(17)15-9-10-20(30-2)19(12-15)26(28)29/h4-12,14H,3H2,1-2H3/b16-11-. The van der Waals surface area contributed by atoms with E-state index in [-0.39, 0.29) is 23.6 Å². The lowest BCUT2D eigenvalue weighted by atomic mass is 10.1. The van der Waals surface area contributed by atoms with Crippen LogP contribution >= 0.6 is 0 Å². The first-order chi connectivity index (χ1) is 15.0. The molecule has 9 nitrogen and oxygen atoms in total. The summed E-state index contributed by atoms with van der Waals surface area (Å²) in [5.74, 6) is -0.651. The van der Waals surface area contributed by atoms with Crippen molar-refractivity contribution in [2.45, 2.75) is 6.92 Å². The molecule has 0 aliphatic carbocycles. The molecule has 2 aromatic carbocycles. The fraction of sp³-hybridized carbons (Fsp3) is 0.136. The number of esters is 1. The second-order valence-corrected chi connectivity index (χ2v) is 6.25. The van der Waals surface area contributed by atoms with Gasteiger partial charge in [-0.15, -0.1) is 0 Å². The summed E-state index contributed by atoms with van der Waals surface area (Å²) in [4.78, 5) is 23.0. The minimum absolute atomic E-state index is 0.109. The number of hydrogen-bond acceptors (Lipinski definition) is 7. The smallest absolute Gasteiger partial charge is 0.348 e. The summed E-state index contributed by atoms with van der Waals surface area (Å²) in [6, 6.07) is 15.5. The Hall–Kier alpha value is -4.45. The van der Waals surface area contributed by atoms with Crippen molar-refractivity contribution in [3.63, 3.8) is 0 Å². The molecule has 0 radical (unpaired) electrons. The van der Waals surface area contributed by atoms with Crippen molar-refractivity contribution in [3.05, 3.63) is 76.0 Å². The van der Waals surface area contributed by atoms with E-state index in [1.54, 1.807) is 23.9 Å². The number of carbonyl (C=O) groups is 1. The van der Waals surface area contributed by atoms with Crippen LogP contribution in [0.5, 0.6) is 5.75 Å². The summed E-state index contributed by atoms with van der Waals surface area (Å²) in [6.45, 7) is 1.76. The number of para-hydroxylation sites is 1. The maximum absolute atomic E-state index is 12.1. The Morgan fingerprint density at radius 2 is 2.03 bits per heavy atom. The molecule has 0 unspecified atom stereocenters. The molecule has 0 amide bonds. The Kier molecular flexibility index (Phi) is 6.42. The summed E-state index contributed by atoms with van der Waals surface area (Å²) >= 11 is 0. The van der Waals surface area contributed by atoms with Gasteiger partial charge in [-0.3, -0.25) is 10.1 Å². The summed E-state index contributed by atoms with van der Waals surface area (Å²) in [6.07, 6.45) is 2.99. The second kappa shape index (κ2) is 9.37. The summed E-state index contributed by atoms with van der Waals surface area (Å²) < 4.78 is 11.5. The highest BCUT2D eigenvalue weighted by molar-refractivity contribution is 5.98. The fourth-order valence-electron chi connectivity index (χ4n) is 2.91. The molecule has 0 N–H and O–H groups in total. The number of carbonyl (C=O) groups excluding carboxylic acids is 1. The van der Waals surface area contributed by atoms with Gasteiger partial charge in [-0.2, -0.15) is 10.4 Å². The number of ether oxygens (including phenoxy) is 2. The zero-order valence-electron chi connectivity index (χ0n) is 16.8. The van der Waals surface area contributed by atoms with Gasteiger partial charge in [0.15, 0.2) is 5.75 Å². The Bertz CT molecular complexity index is 1190. The van der Waals surface area contributed by atoms with Crippen molar-refractivity contribution in [3.8, 4) is 28.8 Å². The molecule has 0 aliphatic heterocycles. The van der Waals surface area contributed by atoms with Crippen LogP contribution in [0, 0.1) is 21.4 Å². The number of nitro groups is 1. The molecule has 0 atom stereocenters. The lowest BCUT2D eigenvalue weighted by Gasteiger charge is -2.05. The van der Waals surface area contributed by atoms with Crippen LogP contribution in [-0.4, -0.2) is 34.4 Å². The van der Waals surface area contributed by atoms with Gasteiger partial charge in [0, 0.05) is 23.4 Å². The molecular weight excluding hydrogens is 400 g/mol. The van der Waals surface area contributed by atoms with Crippen LogP contribution < -0.4 is 4.74 Å². The van der Waals surface area contributed by atoms with Crippen molar-refractivity contribution in [2.75, 3.05) is 13.7 Å². The Balaban J connectivity index is 2.20. The highest BCUT2D eigenvalue weighted by Gasteiger charge is 2.20. The highest BCUT2D eigenvalue weighted by Crippen LogP contribution is 2.34. The van der Waals surface area contributed by atoms with Crippen molar-refractivity contribution in [2.24, 2.45) is 0 Å². The maximum atomic E-state index is 12.1. The highest BCUT2D eigenvalue weighted by atomic mass is 16.6. The molecule has 3 aromatic rings. The average molecular weight is 418 g/mol. The number of methoxy groups -OCH3 is 1. The van der Waals surface area contributed by atoms with E-state index in [0.29, 0.717) is 16.8 Å². The fourth-order valence-corrected chi connectivity index (χ4v) is 2.91. The van der Waals surface area contributed by atoms with Crippen LogP contribution in [0.2, 0.25) is 0 Å². The molecule has 0 saturated heterocycles. The normalized spacial score (nSPS) is 10.9. The van der Waals surface area contributed by atoms with E-state index in [1.165, 1.54) is 25.3 Å². The van der Waals surface area contributed by atoms with E-state index >= 15 is 0 Å². The molecule has 0 spiro atoms. The van der Waals surface area contributed by atoms with Gasteiger partial charge in [0.25, 0.3) is 0 Å².